The van der Waals surface area contributed by atoms with Crippen molar-refractivity contribution >= 4 is 23.7 Å². The lowest BCUT2D eigenvalue weighted by Gasteiger charge is -2.59. The van der Waals surface area contributed by atoms with Crippen molar-refractivity contribution in [2.24, 2.45) is 28.1 Å². The molecule has 3 aliphatic carbocycles. The Labute approximate surface area is 248 Å². The highest BCUT2D eigenvalue weighted by Crippen LogP contribution is 2.72. The first-order valence-electron chi connectivity index (χ1n) is 14.7. The van der Waals surface area contributed by atoms with Crippen molar-refractivity contribution in [2.45, 2.75) is 64.8 Å². The van der Waals surface area contributed by atoms with Gasteiger partial charge in [-0.05, 0) is 56.0 Å². The molecule has 2 saturated heterocycles. The minimum absolute atomic E-state index is 0.00250. The van der Waals surface area contributed by atoms with Gasteiger partial charge in [0.2, 0.25) is 0 Å². The second-order valence-corrected chi connectivity index (χ2v) is 13.2. The molecule has 43 heavy (non-hydrogen) atoms. The summed E-state index contributed by atoms with van der Waals surface area (Å²) in [6.45, 7) is 7.83. The quantitative estimate of drug-likeness (QED) is 0.375. The van der Waals surface area contributed by atoms with Crippen LogP contribution in [0.2, 0.25) is 0 Å². The van der Waals surface area contributed by atoms with E-state index in [1.807, 2.05) is 19.9 Å². The first-order chi connectivity index (χ1) is 20.4. The van der Waals surface area contributed by atoms with Crippen molar-refractivity contribution in [2.75, 3.05) is 7.11 Å². The number of ketones is 1. The number of fused-ring (bicyclic) bond motifs is 4. The van der Waals surface area contributed by atoms with Gasteiger partial charge in [0.25, 0.3) is 0 Å². The number of methoxy groups -OCH3 is 1. The molecule has 7 rings (SSSR count). The van der Waals surface area contributed by atoms with Crippen LogP contribution >= 0.6 is 0 Å². The Morgan fingerprint density at radius 3 is 2.47 bits per heavy atom. The van der Waals surface area contributed by atoms with E-state index in [0.717, 1.165) is 22.3 Å². The minimum Gasteiger partial charge on any atom is -0.478 e. The fraction of sp³-hybridized carbons (Fsp3) is 0.471. The van der Waals surface area contributed by atoms with Crippen molar-refractivity contribution in [1.82, 2.24) is 0 Å². The molecule has 9 nitrogen and oxygen atoms in total. The molecule has 224 valence electrons. The Balaban J connectivity index is 1.36. The zero-order valence-electron chi connectivity index (χ0n) is 24.7. The summed E-state index contributed by atoms with van der Waals surface area (Å²) in [5, 5.41) is 9.32. The van der Waals surface area contributed by atoms with Gasteiger partial charge in [-0.2, -0.15) is 0 Å². The number of benzene rings is 1. The molecule has 0 amide bonds. The number of carbonyl (C=O) groups is 4. The zero-order valence-corrected chi connectivity index (χ0v) is 24.7. The Bertz CT molecular complexity index is 1650. The van der Waals surface area contributed by atoms with Gasteiger partial charge in [0.15, 0.2) is 5.78 Å². The molecular weight excluding hydrogens is 552 g/mol. The summed E-state index contributed by atoms with van der Waals surface area (Å²) in [5.74, 6) is -2.33. The van der Waals surface area contributed by atoms with E-state index in [2.05, 4.69) is 13.8 Å². The summed E-state index contributed by atoms with van der Waals surface area (Å²) in [4.78, 5) is 51.6. The van der Waals surface area contributed by atoms with Crippen molar-refractivity contribution in [3.05, 3.63) is 71.0 Å². The van der Waals surface area contributed by atoms with Crippen molar-refractivity contribution in [1.29, 1.82) is 0 Å². The van der Waals surface area contributed by atoms with Gasteiger partial charge in [-0.25, -0.2) is 4.79 Å². The van der Waals surface area contributed by atoms with E-state index < -0.39 is 52.2 Å². The monoisotopic (exact) mass is 586 g/mol. The third kappa shape index (κ3) is 3.42. The number of furan rings is 1. The minimum atomic E-state index is -1.07. The largest absolute Gasteiger partial charge is 0.478 e. The van der Waals surface area contributed by atoms with Gasteiger partial charge in [-0.15, -0.1) is 0 Å². The molecule has 1 saturated carbocycles. The van der Waals surface area contributed by atoms with Gasteiger partial charge < -0.3 is 23.7 Å². The smallest absolute Gasteiger partial charge is 0.335 e. The summed E-state index contributed by atoms with van der Waals surface area (Å²) in [6.07, 6.45) is 3.92. The van der Waals surface area contributed by atoms with E-state index in [1.165, 1.54) is 13.2 Å². The first kappa shape index (κ1) is 27.8. The predicted molar refractivity (Wildman–Crippen MR) is 152 cm³/mol. The van der Waals surface area contributed by atoms with Crippen molar-refractivity contribution in [3.63, 3.8) is 0 Å². The molecule has 0 spiro atoms. The van der Waals surface area contributed by atoms with Crippen LogP contribution in [-0.2, 0) is 28.6 Å². The maximum absolute atomic E-state index is 13.9. The standard InChI is InChI=1S/C34H34O9/c1-16-20(19-11-13-41-26(19)17-6-8-18(9-7-17)30(37)38)14-21-25(16)34(4)22(15-24(36)40-5)33(3)23(35)10-12-32(2)28(33)27(29(34)42-21)43-31(32)39/h6-13,20-22,27-29H,14-15H2,1-5H3,(H,37,38). The van der Waals surface area contributed by atoms with Crippen LogP contribution in [0.5, 0.6) is 0 Å². The molecule has 9 unspecified atom stereocenters. The second kappa shape index (κ2) is 9.02. The number of hydrogen-bond acceptors (Lipinski definition) is 8. The van der Waals surface area contributed by atoms with Crippen molar-refractivity contribution < 1.29 is 42.9 Å². The number of carboxylic acid groups (broad SMARTS) is 1. The van der Waals surface area contributed by atoms with Gasteiger partial charge in [0, 0.05) is 33.8 Å². The number of esters is 2. The van der Waals surface area contributed by atoms with Gasteiger partial charge in [0.05, 0.1) is 36.9 Å². The number of carbonyl (C=O) groups excluding carboxylic acids is 3. The molecule has 0 bridgehead atoms. The van der Waals surface area contributed by atoms with Crippen LogP contribution in [-0.4, -0.2) is 54.2 Å². The van der Waals surface area contributed by atoms with E-state index in [0.29, 0.717) is 12.2 Å². The summed E-state index contributed by atoms with van der Waals surface area (Å²) in [7, 11) is 1.35. The molecule has 1 aromatic heterocycles. The van der Waals surface area contributed by atoms with Gasteiger partial charge in [-0.3, -0.25) is 14.4 Å². The van der Waals surface area contributed by atoms with Crippen LogP contribution in [0.1, 0.15) is 62.4 Å². The van der Waals surface area contributed by atoms with Gasteiger partial charge in [-0.1, -0.05) is 37.6 Å². The molecule has 5 aliphatic rings. The van der Waals surface area contributed by atoms with E-state index in [9.17, 15) is 24.3 Å². The SMILES string of the molecule is COC(=O)CC1C2(C)C3=C(C)C(c4ccoc4-c4ccc(C(=O)O)cc4)CC3OC2C2OC(=O)C3(C)C=CC(=O)C1(C)C23. The second-order valence-electron chi connectivity index (χ2n) is 13.2. The molecule has 9 atom stereocenters. The lowest BCUT2D eigenvalue weighted by Crippen LogP contribution is -2.66. The molecule has 1 N–H and O–H groups in total. The maximum Gasteiger partial charge on any atom is 0.335 e. The number of allylic oxidation sites excluding steroid dienone is 2. The lowest BCUT2D eigenvalue weighted by atomic mass is 9.42. The third-order valence-electron chi connectivity index (χ3n) is 11.4. The maximum atomic E-state index is 13.9. The van der Waals surface area contributed by atoms with E-state index in [4.69, 9.17) is 18.6 Å². The first-order valence-corrected chi connectivity index (χ1v) is 14.7. The van der Waals surface area contributed by atoms with Crippen molar-refractivity contribution in [3.8, 4) is 11.3 Å². The molecule has 2 aromatic rings. The van der Waals surface area contributed by atoms with Crippen LogP contribution in [0.25, 0.3) is 11.3 Å². The Hall–Kier alpha value is -3.98. The van der Waals surface area contributed by atoms with Crippen LogP contribution < -0.4 is 0 Å². The van der Waals surface area contributed by atoms with Crippen LogP contribution in [0.15, 0.2) is 64.3 Å². The van der Waals surface area contributed by atoms with E-state index >= 15 is 0 Å². The highest BCUT2D eigenvalue weighted by Gasteiger charge is 2.77. The molecule has 2 aliphatic heterocycles. The number of carboxylic acids is 1. The number of ether oxygens (including phenoxy) is 3. The molecular formula is C34H34O9. The molecule has 1 aromatic carbocycles. The summed E-state index contributed by atoms with van der Waals surface area (Å²) < 4.78 is 24.0. The summed E-state index contributed by atoms with van der Waals surface area (Å²) in [5.41, 5.74) is 1.14. The zero-order chi connectivity index (χ0) is 30.6. The fourth-order valence-corrected chi connectivity index (χ4v) is 9.50. The van der Waals surface area contributed by atoms with Gasteiger partial charge >= 0.3 is 17.9 Å². The van der Waals surface area contributed by atoms with E-state index in [1.54, 1.807) is 36.6 Å². The Morgan fingerprint density at radius 2 is 1.79 bits per heavy atom. The van der Waals surface area contributed by atoms with Gasteiger partial charge in [0.1, 0.15) is 18.0 Å². The molecule has 3 fully saturated rings. The normalized spacial score (nSPS) is 38.9. The highest BCUT2D eigenvalue weighted by molar-refractivity contribution is 6.00. The third-order valence-corrected chi connectivity index (χ3v) is 11.4. The predicted octanol–water partition coefficient (Wildman–Crippen LogP) is 5.11. The van der Waals surface area contributed by atoms with Crippen LogP contribution in [0.3, 0.4) is 0 Å². The number of hydrogen-bond donors (Lipinski definition) is 1. The van der Waals surface area contributed by atoms with E-state index in [-0.39, 0.29) is 35.8 Å². The fourth-order valence-electron chi connectivity index (χ4n) is 9.50. The molecule has 3 heterocycles. The van der Waals surface area contributed by atoms with Crippen LogP contribution in [0.4, 0.5) is 0 Å². The Kier molecular flexibility index (Phi) is 5.84. The number of aromatic carboxylic acids is 1. The highest BCUT2D eigenvalue weighted by atomic mass is 16.6. The molecule has 9 heteroatoms. The lowest BCUT2D eigenvalue weighted by molar-refractivity contribution is -0.190. The summed E-state index contributed by atoms with van der Waals surface area (Å²) >= 11 is 0. The van der Waals surface area contributed by atoms with Crippen LogP contribution in [0, 0.1) is 28.1 Å². The average Bonchev–Trinajstić information content (AvgIpc) is 3.72. The topological polar surface area (TPSA) is 129 Å². The number of rotatable bonds is 5. The molecule has 0 radical (unpaired) electrons. The average molecular weight is 587 g/mol. The Morgan fingerprint density at radius 1 is 1.07 bits per heavy atom. The summed E-state index contributed by atoms with van der Waals surface area (Å²) in [6, 6.07) is 8.51.